The molecule has 3 unspecified atom stereocenters. The van der Waals surface area contributed by atoms with Gasteiger partial charge >= 0.3 is 5.97 Å². The molecule has 3 heteroatoms. The predicted molar refractivity (Wildman–Crippen MR) is 67.7 cm³/mol. The fourth-order valence-corrected chi connectivity index (χ4v) is 2.16. The summed E-state index contributed by atoms with van der Waals surface area (Å²) in [6.45, 7) is 10.7. The molecule has 1 aliphatic carbocycles. The van der Waals surface area contributed by atoms with Crippen molar-refractivity contribution >= 4 is 5.97 Å². The van der Waals surface area contributed by atoms with E-state index in [0.29, 0.717) is 24.7 Å². The Labute approximate surface area is 104 Å². The molecule has 17 heavy (non-hydrogen) atoms. The molecule has 3 atom stereocenters. The molecule has 1 fully saturated rings. The van der Waals surface area contributed by atoms with Gasteiger partial charge in [0.25, 0.3) is 0 Å². The van der Waals surface area contributed by atoms with Gasteiger partial charge in [-0.2, -0.15) is 0 Å². The number of carbonyl (C=O) groups is 1. The Hall–Kier alpha value is -0.830. The molecule has 0 amide bonds. The van der Waals surface area contributed by atoms with E-state index in [1.165, 1.54) is 6.42 Å². The molecule has 0 N–H and O–H groups in total. The number of rotatable bonds is 5. The zero-order valence-corrected chi connectivity index (χ0v) is 11.2. The highest BCUT2D eigenvalue weighted by atomic mass is 16.5. The molecule has 0 radical (unpaired) electrons. The summed E-state index contributed by atoms with van der Waals surface area (Å²) in [6.07, 6.45) is 3.64. The van der Waals surface area contributed by atoms with Crippen LogP contribution >= 0.6 is 0 Å². The standard InChI is InChI=1S/C14H24O3/c1-5-16-14(15)12(4)9-17-13-7-6-10(2)11(3)8-13/h10-11,13H,4-9H2,1-3H3. The first kappa shape index (κ1) is 14.2. The van der Waals surface area contributed by atoms with Gasteiger partial charge in [0.1, 0.15) is 0 Å². The van der Waals surface area contributed by atoms with Crippen molar-refractivity contribution in [3.63, 3.8) is 0 Å². The molecule has 1 saturated carbocycles. The Morgan fingerprint density at radius 3 is 2.59 bits per heavy atom. The number of hydrogen-bond donors (Lipinski definition) is 0. The van der Waals surface area contributed by atoms with Crippen molar-refractivity contribution < 1.29 is 14.3 Å². The molecular weight excluding hydrogens is 216 g/mol. The molecule has 1 aliphatic rings. The smallest absolute Gasteiger partial charge is 0.335 e. The second kappa shape index (κ2) is 6.80. The zero-order valence-electron chi connectivity index (χ0n) is 11.2. The van der Waals surface area contributed by atoms with Crippen LogP contribution in [0.2, 0.25) is 0 Å². The summed E-state index contributed by atoms with van der Waals surface area (Å²) in [5, 5.41) is 0. The lowest BCUT2D eigenvalue weighted by molar-refractivity contribution is -0.139. The van der Waals surface area contributed by atoms with Crippen molar-refractivity contribution in [2.24, 2.45) is 11.8 Å². The van der Waals surface area contributed by atoms with Crippen molar-refractivity contribution in [2.75, 3.05) is 13.2 Å². The number of carbonyl (C=O) groups excluding carboxylic acids is 1. The van der Waals surface area contributed by atoms with Crippen molar-refractivity contribution in [3.8, 4) is 0 Å². The van der Waals surface area contributed by atoms with Crippen LogP contribution in [0.25, 0.3) is 0 Å². The van der Waals surface area contributed by atoms with Crippen LogP contribution in [0.5, 0.6) is 0 Å². The molecule has 3 nitrogen and oxygen atoms in total. The van der Waals surface area contributed by atoms with Gasteiger partial charge in [-0.25, -0.2) is 4.79 Å². The third kappa shape index (κ3) is 4.50. The molecule has 0 aromatic heterocycles. The van der Waals surface area contributed by atoms with Gasteiger partial charge in [0.05, 0.1) is 24.9 Å². The van der Waals surface area contributed by atoms with Gasteiger partial charge in [0.15, 0.2) is 0 Å². The fourth-order valence-electron chi connectivity index (χ4n) is 2.16. The largest absolute Gasteiger partial charge is 0.463 e. The lowest BCUT2D eigenvalue weighted by atomic mass is 9.80. The van der Waals surface area contributed by atoms with E-state index in [-0.39, 0.29) is 12.1 Å². The first-order valence-electron chi connectivity index (χ1n) is 6.51. The molecular formula is C14H24O3. The average molecular weight is 240 g/mol. The van der Waals surface area contributed by atoms with E-state index in [1.54, 1.807) is 6.92 Å². The van der Waals surface area contributed by atoms with Gasteiger partial charge in [-0.1, -0.05) is 20.4 Å². The predicted octanol–water partition coefficient (Wildman–Crippen LogP) is 2.95. The molecule has 0 aromatic carbocycles. The minimum atomic E-state index is -0.343. The summed E-state index contributed by atoms with van der Waals surface area (Å²) >= 11 is 0. The first-order valence-corrected chi connectivity index (χ1v) is 6.51. The van der Waals surface area contributed by atoms with Gasteiger partial charge in [0.2, 0.25) is 0 Å². The highest BCUT2D eigenvalue weighted by Gasteiger charge is 2.25. The van der Waals surface area contributed by atoms with Crippen LogP contribution in [0.15, 0.2) is 12.2 Å². The lowest BCUT2D eigenvalue weighted by Gasteiger charge is -2.32. The van der Waals surface area contributed by atoms with Crippen LogP contribution in [-0.4, -0.2) is 25.3 Å². The van der Waals surface area contributed by atoms with E-state index >= 15 is 0 Å². The molecule has 0 heterocycles. The topological polar surface area (TPSA) is 35.5 Å². The van der Waals surface area contributed by atoms with Crippen LogP contribution in [0, 0.1) is 11.8 Å². The second-order valence-corrected chi connectivity index (χ2v) is 5.02. The maximum atomic E-state index is 11.3. The maximum absolute atomic E-state index is 11.3. The van der Waals surface area contributed by atoms with Crippen LogP contribution in [0.4, 0.5) is 0 Å². The highest BCUT2D eigenvalue weighted by molar-refractivity contribution is 5.87. The van der Waals surface area contributed by atoms with Gasteiger partial charge in [-0.05, 0) is 38.0 Å². The summed E-state index contributed by atoms with van der Waals surface area (Å²) in [5.74, 6) is 1.14. The highest BCUT2D eigenvalue weighted by Crippen LogP contribution is 2.31. The minimum Gasteiger partial charge on any atom is -0.463 e. The Kier molecular flexibility index (Phi) is 5.69. The average Bonchev–Trinajstić information content (AvgIpc) is 2.30. The molecule has 0 aromatic rings. The monoisotopic (exact) mass is 240 g/mol. The fraction of sp³-hybridized carbons (Fsp3) is 0.786. The summed E-state index contributed by atoms with van der Waals surface area (Å²) in [7, 11) is 0. The van der Waals surface area contributed by atoms with E-state index in [9.17, 15) is 4.79 Å². The minimum absolute atomic E-state index is 0.271. The molecule has 0 saturated heterocycles. The second-order valence-electron chi connectivity index (χ2n) is 5.02. The molecule has 1 rings (SSSR count). The van der Waals surface area contributed by atoms with Gasteiger partial charge in [0, 0.05) is 0 Å². The molecule has 0 spiro atoms. The Morgan fingerprint density at radius 1 is 1.29 bits per heavy atom. The summed E-state index contributed by atoms with van der Waals surface area (Å²) < 4.78 is 10.6. The van der Waals surface area contributed by atoms with Crippen molar-refractivity contribution in [1.29, 1.82) is 0 Å². The van der Waals surface area contributed by atoms with Gasteiger partial charge in [-0.15, -0.1) is 0 Å². The quantitative estimate of drug-likeness (QED) is 0.547. The Bertz CT molecular complexity index is 273. The van der Waals surface area contributed by atoms with E-state index in [2.05, 4.69) is 20.4 Å². The van der Waals surface area contributed by atoms with Gasteiger partial charge in [-0.3, -0.25) is 0 Å². The number of ether oxygens (including phenoxy) is 2. The Balaban J connectivity index is 2.27. The maximum Gasteiger partial charge on any atom is 0.335 e. The number of esters is 1. The van der Waals surface area contributed by atoms with E-state index in [0.717, 1.165) is 18.8 Å². The van der Waals surface area contributed by atoms with Gasteiger partial charge < -0.3 is 9.47 Å². The third-order valence-corrected chi connectivity index (χ3v) is 3.61. The van der Waals surface area contributed by atoms with Crippen molar-refractivity contribution in [3.05, 3.63) is 12.2 Å². The third-order valence-electron chi connectivity index (χ3n) is 3.61. The van der Waals surface area contributed by atoms with Crippen LogP contribution in [0.3, 0.4) is 0 Å². The van der Waals surface area contributed by atoms with Crippen LogP contribution < -0.4 is 0 Å². The zero-order chi connectivity index (χ0) is 12.8. The van der Waals surface area contributed by atoms with Crippen LogP contribution in [0.1, 0.15) is 40.0 Å². The van der Waals surface area contributed by atoms with E-state index in [1.807, 2.05) is 0 Å². The molecule has 98 valence electrons. The summed E-state index contributed by atoms with van der Waals surface area (Å²) in [6, 6.07) is 0. The van der Waals surface area contributed by atoms with E-state index < -0.39 is 0 Å². The number of hydrogen-bond acceptors (Lipinski definition) is 3. The SMILES string of the molecule is C=C(COC1CCC(C)C(C)C1)C(=O)OCC. The van der Waals surface area contributed by atoms with Crippen molar-refractivity contribution in [2.45, 2.75) is 46.1 Å². The van der Waals surface area contributed by atoms with Crippen molar-refractivity contribution in [1.82, 2.24) is 0 Å². The molecule has 0 bridgehead atoms. The summed E-state index contributed by atoms with van der Waals surface area (Å²) in [4.78, 5) is 11.3. The Morgan fingerprint density at radius 2 is 2.00 bits per heavy atom. The van der Waals surface area contributed by atoms with E-state index in [4.69, 9.17) is 9.47 Å². The van der Waals surface area contributed by atoms with Crippen LogP contribution in [-0.2, 0) is 14.3 Å². The first-order chi connectivity index (χ1) is 8.04. The lowest BCUT2D eigenvalue weighted by Crippen LogP contribution is -2.28. The molecule has 0 aliphatic heterocycles. The normalized spacial score (nSPS) is 28.8. The summed E-state index contributed by atoms with van der Waals surface area (Å²) in [5.41, 5.74) is 0.415.